The van der Waals surface area contributed by atoms with Crippen LogP contribution >= 0.6 is 11.6 Å². The average Bonchev–Trinajstić information content (AvgIpc) is 3.39. The van der Waals surface area contributed by atoms with Crippen LogP contribution in [0.3, 0.4) is 0 Å². The van der Waals surface area contributed by atoms with Crippen LogP contribution in [0.4, 0.5) is 5.69 Å². The third-order valence-corrected chi connectivity index (χ3v) is 4.07. The van der Waals surface area contributed by atoms with Gasteiger partial charge in [0.1, 0.15) is 0 Å². The quantitative estimate of drug-likeness (QED) is 0.622. The number of benzene rings is 1. The molecular formula is C18H21ClN2O4. The van der Waals surface area contributed by atoms with E-state index in [4.69, 9.17) is 16.3 Å². The van der Waals surface area contributed by atoms with Gasteiger partial charge >= 0.3 is 5.97 Å². The van der Waals surface area contributed by atoms with E-state index in [1.54, 1.807) is 37.9 Å². The van der Waals surface area contributed by atoms with Crippen LogP contribution in [-0.4, -0.2) is 42.4 Å². The Morgan fingerprint density at radius 1 is 1.32 bits per heavy atom. The molecule has 6 nitrogen and oxygen atoms in total. The van der Waals surface area contributed by atoms with Gasteiger partial charge in [-0.2, -0.15) is 0 Å². The van der Waals surface area contributed by atoms with Crippen molar-refractivity contribution in [2.45, 2.75) is 32.7 Å². The Morgan fingerprint density at radius 2 is 2.00 bits per heavy atom. The molecule has 0 unspecified atom stereocenters. The van der Waals surface area contributed by atoms with Gasteiger partial charge in [0.05, 0.1) is 17.9 Å². The molecule has 1 aromatic carbocycles. The van der Waals surface area contributed by atoms with E-state index in [2.05, 4.69) is 5.32 Å². The summed E-state index contributed by atoms with van der Waals surface area (Å²) in [4.78, 5) is 37.7. The van der Waals surface area contributed by atoms with Crippen LogP contribution in [0.5, 0.6) is 0 Å². The van der Waals surface area contributed by atoms with Crippen LogP contribution in [0.15, 0.2) is 24.3 Å². The van der Waals surface area contributed by atoms with Crippen molar-refractivity contribution < 1.29 is 19.1 Å². The number of aryl methyl sites for hydroxylation is 1. The van der Waals surface area contributed by atoms with Gasteiger partial charge in [-0.3, -0.25) is 9.59 Å². The van der Waals surface area contributed by atoms with Gasteiger partial charge in [0, 0.05) is 30.3 Å². The van der Waals surface area contributed by atoms with E-state index in [0.29, 0.717) is 21.8 Å². The third kappa shape index (κ3) is 5.06. The number of hydrogen-bond donors (Lipinski definition) is 1. The highest BCUT2D eigenvalue weighted by Gasteiger charge is 2.31. The molecule has 0 radical (unpaired) electrons. The summed E-state index contributed by atoms with van der Waals surface area (Å²) in [6.45, 7) is 3.66. The lowest BCUT2D eigenvalue weighted by Gasteiger charge is -2.20. The minimum Gasteiger partial charge on any atom is -0.463 e. The number of carbonyl (C=O) groups excluding carboxylic acids is 3. The Labute approximate surface area is 151 Å². The van der Waals surface area contributed by atoms with Crippen molar-refractivity contribution in [3.8, 4) is 0 Å². The summed E-state index contributed by atoms with van der Waals surface area (Å²) < 4.78 is 4.72. The third-order valence-electron chi connectivity index (χ3n) is 3.85. The first kappa shape index (κ1) is 19.0. The summed E-state index contributed by atoms with van der Waals surface area (Å²) in [5.74, 6) is -1.32. The number of nitrogens with zero attached hydrogens (tertiary/aromatic N) is 1. The van der Waals surface area contributed by atoms with Gasteiger partial charge in [0.2, 0.25) is 5.91 Å². The number of anilines is 1. The molecule has 1 aromatic rings. The average molecular weight is 365 g/mol. The smallest absolute Gasteiger partial charge is 0.330 e. The van der Waals surface area contributed by atoms with E-state index in [1.807, 2.05) is 0 Å². The van der Waals surface area contributed by atoms with Gasteiger partial charge in [0.15, 0.2) is 0 Å². The highest BCUT2D eigenvalue weighted by molar-refractivity contribution is 6.31. The van der Waals surface area contributed by atoms with E-state index in [0.717, 1.165) is 25.0 Å². The highest BCUT2D eigenvalue weighted by Crippen LogP contribution is 2.31. The SMILES string of the molecule is CCOC(=O)/C=C\C(=O)Nc1c(C)cc(Cl)cc1C(=O)N(C)C1CC1. The summed E-state index contributed by atoms with van der Waals surface area (Å²) in [6, 6.07) is 3.44. The van der Waals surface area contributed by atoms with Crippen molar-refractivity contribution in [1.29, 1.82) is 0 Å². The number of hydrogen-bond acceptors (Lipinski definition) is 4. The van der Waals surface area contributed by atoms with Crippen molar-refractivity contribution in [3.05, 3.63) is 40.4 Å². The predicted molar refractivity (Wildman–Crippen MR) is 95.7 cm³/mol. The van der Waals surface area contributed by atoms with E-state index in [-0.39, 0.29) is 18.6 Å². The first-order chi connectivity index (χ1) is 11.8. The highest BCUT2D eigenvalue weighted by atomic mass is 35.5. The molecule has 2 amide bonds. The second-order valence-electron chi connectivity index (χ2n) is 5.87. The first-order valence-corrected chi connectivity index (χ1v) is 8.44. The van der Waals surface area contributed by atoms with Crippen molar-refractivity contribution in [2.75, 3.05) is 19.0 Å². The lowest BCUT2D eigenvalue weighted by Crippen LogP contribution is -2.30. The molecule has 0 saturated heterocycles. The Balaban J connectivity index is 2.22. The van der Waals surface area contributed by atoms with E-state index in [1.165, 1.54) is 0 Å². The van der Waals surface area contributed by atoms with Gasteiger partial charge in [0.25, 0.3) is 5.91 Å². The zero-order valence-electron chi connectivity index (χ0n) is 14.5. The number of amides is 2. The van der Waals surface area contributed by atoms with Crippen molar-refractivity contribution >= 4 is 35.1 Å². The second kappa shape index (κ2) is 8.16. The number of esters is 1. The molecule has 1 saturated carbocycles. The maximum absolute atomic E-state index is 12.7. The van der Waals surface area contributed by atoms with Crippen LogP contribution in [0.25, 0.3) is 0 Å². The van der Waals surface area contributed by atoms with Crippen LogP contribution in [0.1, 0.15) is 35.7 Å². The van der Waals surface area contributed by atoms with E-state index in [9.17, 15) is 14.4 Å². The molecule has 1 fully saturated rings. The number of nitrogens with one attached hydrogen (secondary N) is 1. The zero-order chi connectivity index (χ0) is 18.6. The number of ether oxygens (including phenoxy) is 1. The summed E-state index contributed by atoms with van der Waals surface area (Å²) in [5.41, 5.74) is 1.38. The van der Waals surface area contributed by atoms with E-state index >= 15 is 0 Å². The predicted octanol–water partition coefficient (Wildman–Crippen LogP) is 2.94. The maximum atomic E-state index is 12.7. The maximum Gasteiger partial charge on any atom is 0.330 e. The summed E-state index contributed by atoms with van der Waals surface area (Å²) in [5, 5.41) is 3.08. The molecular weight excluding hydrogens is 344 g/mol. The summed E-state index contributed by atoms with van der Waals surface area (Å²) in [7, 11) is 1.74. The topological polar surface area (TPSA) is 75.7 Å². The lowest BCUT2D eigenvalue weighted by molar-refractivity contribution is -0.137. The Kier molecular flexibility index (Phi) is 6.20. The molecule has 1 N–H and O–H groups in total. The van der Waals surface area contributed by atoms with Gasteiger partial charge < -0.3 is 15.0 Å². The van der Waals surface area contributed by atoms with E-state index < -0.39 is 11.9 Å². The minimum atomic E-state index is -0.602. The van der Waals surface area contributed by atoms with Gasteiger partial charge in [-0.25, -0.2) is 4.79 Å². The zero-order valence-corrected chi connectivity index (χ0v) is 15.2. The molecule has 0 bridgehead atoms. The van der Waals surface area contributed by atoms with Crippen molar-refractivity contribution in [3.63, 3.8) is 0 Å². The van der Waals surface area contributed by atoms with Crippen LogP contribution in [0, 0.1) is 6.92 Å². The Bertz CT molecular complexity index is 726. The lowest BCUT2D eigenvalue weighted by atomic mass is 10.1. The number of halogens is 1. The molecule has 0 heterocycles. The molecule has 0 atom stereocenters. The summed E-state index contributed by atoms with van der Waals surface area (Å²) >= 11 is 6.08. The normalized spacial score (nSPS) is 13.6. The van der Waals surface area contributed by atoms with Gasteiger partial charge in [-0.1, -0.05) is 11.6 Å². The summed E-state index contributed by atoms with van der Waals surface area (Å²) in [6.07, 6.45) is 4.07. The number of carbonyl (C=O) groups is 3. The van der Waals surface area contributed by atoms with Crippen LogP contribution < -0.4 is 5.32 Å². The molecule has 0 spiro atoms. The van der Waals surface area contributed by atoms with Gasteiger partial charge in [-0.15, -0.1) is 0 Å². The Hall–Kier alpha value is -2.34. The molecule has 25 heavy (non-hydrogen) atoms. The van der Waals surface area contributed by atoms with Crippen molar-refractivity contribution in [2.24, 2.45) is 0 Å². The molecule has 134 valence electrons. The second-order valence-corrected chi connectivity index (χ2v) is 6.30. The molecule has 1 aliphatic carbocycles. The number of rotatable bonds is 6. The monoisotopic (exact) mass is 364 g/mol. The minimum absolute atomic E-state index is 0.197. The van der Waals surface area contributed by atoms with Crippen molar-refractivity contribution in [1.82, 2.24) is 4.90 Å². The standard InChI is InChI=1S/C18H21ClN2O4/c1-4-25-16(23)8-7-15(22)20-17-11(2)9-12(19)10-14(17)18(24)21(3)13-5-6-13/h7-10,13H,4-6H2,1-3H3,(H,20,22)/b8-7-. The molecule has 1 aliphatic rings. The van der Waals surface area contributed by atoms with Crippen LogP contribution in [-0.2, 0) is 14.3 Å². The Morgan fingerprint density at radius 3 is 2.60 bits per heavy atom. The van der Waals surface area contributed by atoms with Gasteiger partial charge in [-0.05, 0) is 44.4 Å². The first-order valence-electron chi connectivity index (χ1n) is 8.06. The molecule has 7 heteroatoms. The molecule has 0 aromatic heterocycles. The largest absolute Gasteiger partial charge is 0.463 e. The molecule has 2 rings (SSSR count). The fourth-order valence-electron chi connectivity index (χ4n) is 2.39. The van der Waals surface area contributed by atoms with Crippen LogP contribution in [0.2, 0.25) is 5.02 Å². The molecule has 0 aliphatic heterocycles. The fourth-order valence-corrected chi connectivity index (χ4v) is 2.67. The fraction of sp³-hybridized carbons (Fsp3) is 0.389.